The smallest absolute Gasteiger partial charge is 0.255 e. The van der Waals surface area contributed by atoms with E-state index in [0.29, 0.717) is 6.54 Å². The average Bonchev–Trinajstić information content (AvgIpc) is 2.28. The second kappa shape index (κ2) is 6.48. The van der Waals surface area contributed by atoms with Crippen LogP contribution in [0, 0.1) is 6.92 Å². The summed E-state index contributed by atoms with van der Waals surface area (Å²) in [6, 6.07) is 3.95. The zero-order chi connectivity index (χ0) is 12.0. The fourth-order valence-corrected chi connectivity index (χ4v) is 1.77. The molecule has 1 aromatic rings. The van der Waals surface area contributed by atoms with E-state index in [0.717, 1.165) is 30.8 Å². The number of aryl methyl sites for hydroxylation is 1. The van der Waals surface area contributed by atoms with Gasteiger partial charge in [0, 0.05) is 24.3 Å². The monoisotopic (exact) mass is 222 g/mol. The minimum absolute atomic E-state index is 0.145. The van der Waals surface area contributed by atoms with E-state index < -0.39 is 0 Å². The molecular formula is C13H22N2O. The van der Waals surface area contributed by atoms with Gasteiger partial charge in [-0.05, 0) is 32.9 Å². The van der Waals surface area contributed by atoms with Crippen molar-refractivity contribution in [2.24, 2.45) is 0 Å². The van der Waals surface area contributed by atoms with Gasteiger partial charge in [0.15, 0.2) is 0 Å². The number of rotatable bonds is 6. The third kappa shape index (κ3) is 3.20. The third-order valence-corrected chi connectivity index (χ3v) is 2.81. The summed E-state index contributed by atoms with van der Waals surface area (Å²) in [4.78, 5) is 12.0. The fourth-order valence-electron chi connectivity index (χ4n) is 1.77. The molecule has 16 heavy (non-hydrogen) atoms. The molecule has 0 radical (unpaired) electrons. The van der Waals surface area contributed by atoms with Gasteiger partial charge in [-0.15, -0.1) is 0 Å². The van der Waals surface area contributed by atoms with Crippen molar-refractivity contribution in [3.8, 4) is 0 Å². The zero-order valence-electron chi connectivity index (χ0n) is 10.5. The molecule has 0 atom stereocenters. The van der Waals surface area contributed by atoms with Crippen molar-refractivity contribution in [2.45, 2.75) is 46.7 Å². The van der Waals surface area contributed by atoms with Crippen molar-refractivity contribution in [3.63, 3.8) is 0 Å². The van der Waals surface area contributed by atoms with Crippen molar-refractivity contribution in [3.05, 3.63) is 33.7 Å². The standard InChI is InChI=1S/C13H22N2O/c1-4-6-9-14-10-12-8-7-11(3)15(5-2)13(12)16/h7-8,14H,4-6,9-10H2,1-3H3. The number of hydrogen-bond donors (Lipinski definition) is 1. The molecule has 0 aromatic carbocycles. The van der Waals surface area contributed by atoms with Crippen molar-refractivity contribution >= 4 is 0 Å². The molecule has 1 aromatic heterocycles. The Morgan fingerprint density at radius 1 is 1.31 bits per heavy atom. The summed E-state index contributed by atoms with van der Waals surface area (Å²) in [5.41, 5.74) is 2.04. The van der Waals surface area contributed by atoms with Gasteiger partial charge in [-0.25, -0.2) is 0 Å². The molecule has 3 heteroatoms. The number of hydrogen-bond acceptors (Lipinski definition) is 2. The number of nitrogens with one attached hydrogen (secondary N) is 1. The number of aromatic nitrogens is 1. The lowest BCUT2D eigenvalue weighted by molar-refractivity contribution is 0.623. The first kappa shape index (κ1) is 13.0. The average molecular weight is 222 g/mol. The summed E-state index contributed by atoms with van der Waals surface area (Å²) in [5, 5.41) is 3.30. The first-order valence-corrected chi connectivity index (χ1v) is 6.10. The van der Waals surface area contributed by atoms with Crippen LogP contribution in [-0.2, 0) is 13.1 Å². The number of unbranched alkanes of at least 4 members (excludes halogenated alkanes) is 1. The van der Waals surface area contributed by atoms with E-state index in [-0.39, 0.29) is 5.56 Å². The van der Waals surface area contributed by atoms with Crippen LogP contribution in [0.2, 0.25) is 0 Å². The van der Waals surface area contributed by atoms with E-state index in [1.165, 1.54) is 6.42 Å². The maximum atomic E-state index is 12.0. The van der Waals surface area contributed by atoms with Gasteiger partial charge in [-0.1, -0.05) is 19.4 Å². The van der Waals surface area contributed by atoms with Crippen molar-refractivity contribution in [2.75, 3.05) is 6.54 Å². The van der Waals surface area contributed by atoms with E-state index >= 15 is 0 Å². The van der Waals surface area contributed by atoms with Crippen LogP contribution in [0.25, 0.3) is 0 Å². The fraction of sp³-hybridized carbons (Fsp3) is 0.615. The molecular weight excluding hydrogens is 200 g/mol. The van der Waals surface area contributed by atoms with Crippen LogP contribution < -0.4 is 10.9 Å². The van der Waals surface area contributed by atoms with Crippen LogP contribution >= 0.6 is 0 Å². The summed E-state index contributed by atoms with van der Waals surface area (Å²) in [6.07, 6.45) is 2.34. The third-order valence-electron chi connectivity index (χ3n) is 2.81. The number of nitrogens with zero attached hydrogens (tertiary/aromatic N) is 1. The molecule has 0 spiro atoms. The Labute approximate surface area is 97.5 Å². The molecule has 0 aliphatic carbocycles. The van der Waals surface area contributed by atoms with Crippen LogP contribution in [0.3, 0.4) is 0 Å². The Morgan fingerprint density at radius 3 is 2.69 bits per heavy atom. The summed E-state index contributed by atoms with van der Waals surface area (Å²) < 4.78 is 1.82. The van der Waals surface area contributed by atoms with Gasteiger partial charge in [-0.3, -0.25) is 4.79 Å². The molecule has 0 fully saturated rings. The lowest BCUT2D eigenvalue weighted by Crippen LogP contribution is -2.28. The highest BCUT2D eigenvalue weighted by molar-refractivity contribution is 5.15. The summed E-state index contributed by atoms with van der Waals surface area (Å²) in [5.74, 6) is 0. The molecule has 0 aliphatic heterocycles. The van der Waals surface area contributed by atoms with Crippen molar-refractivity contribution < 1.29 is 0 Å². The zero-order valence-corrected chi connectivity index (χ0v) is 10.5. The van der Waals surface area contributed by atoms with E-state index in [1.54, 1.807) is 0 Å². The van der Waals surface area contributed by atoms with Gasteiger partial charge in [-0.2, -0.15) is 0 Å². The van der Waals surface area contributed by atoms with Crippen molar-refractivity contribution in [1.82, 2.24) is 9.88 Å². The quantitative estimate of drug-likeness (QED) is 0.748. The lowest BCUT2D eigenvalue weighted by Gasteiger charge is -2.10. The van der Waals surface area contributed by atoms with Gasteiger partial charge < -0.3 is 9.88 Å². The molecule has 1 heterocycles. The Bertz CT molecular complexity index is 382. The molecule has 1 N–H and O–H groups in total. The summed E-state index contributed by atoms with van der Waals surface area (Å²) in [6.45, 7) is 8.54. The highest BCUT2D eigenvalue weighted by Crippen LogP contribution is 1.98. The van der Waals surface area contributed by atoms with Crippen LogP contribution in [0.15, 0.2) is 16.9 Å². The molecule has 0 amide bonds. The van der Waals surface area contributed by atoms with E-state index in [9.17, 15) is 4.79 Å². The van der Waals surface area contributed by atoms with E-state index in [4.69, 9.17) is 0 Å². The Balaban J connectivity index is 2.70. The summed E-state index contributed by atoms with van der Waals surface area (Å²) >= 11 is 0. The second-order valence-corrected chi connectivity index (χ2v) is 4.08. The summed E-state index contributed by atoms with van der Waals surface area (Å²) in [7, 11) is 0. The van der Waals surface area contributed by atoms with Crippen LogP contribution in [0.5, 0.6) is 0 Å². The van der Waals surface area contributed by atoms with E-state index in [2.05, 4.69) is 12.2 Å². The minimum atomic E-state index is 0.145. The highest BCUT2D eigenvalue weighted by atomic mass is 16.1. The number of pyridine rings is 1. The van der Waals surface area contributed by atoms with Crippen LogP contribution in [-0.4, -0.2) is 11.1 Å². The van der Waals surface area contributed by atoms with Gasteiger partial charge in [0.05, 0.1) is 0 Å². The van der Waals surface area contributed by atoms with Gasteiger partial charge in [0.25, 0.3) is 5.56 Å². The van der Waals surface area contributed by atoms with Gasteiger partial charge >= 0.3 is 0 Å². The van der Waals surface area contributed by atoms with Crippen molar-refractivity contribution in [1.29, 1.82) is 0 Å². The largest absolute Gasteiger partial charge is 0.313 e. The SMILES string of the molecule is CCCCNCc1ccc(C)n(CC)c1=O. The molecule has 90 valence electrons. The molecule has 0 unspecified atom stereocenters. The molecule has 0 aliphatic rings. The lowest BCUT2D eigenvalue weighted by atomic mass is 10.2. The predicted molar refractivity (Wildman–Crippen MR) is 67.7 cm³/mol. The molecule has 0 bridgehead atoms. The Kier molecular flexibility index (Phi) is 5.26. The van der Waals surface area contributed by atoms with E-state index in [1.807, 2.05) is 30.5 Å². The topological polar surface area (TPSA) is 34.0 Å². The normalized spacial score (nSPS) is 10.7. The predicted octanol–water partition coefficient (Wildman–Crippen LogP) is 2.07. The molecule has 0 saturated carbocycles. The van der Waals surface area contributed by atoms with Gasteiger partial charge in [0.2, 0.25) is 0 Å². The van der Waals surface area contributed by atoms with Crippen LogP contribution in [0.1, 0.15) is 37.9 Å². The van der Waals surface area contributed by atoms with Crippen LogP contribution in [0.4, 0.5) is 0 Å². The minimum Gasteiger partial charge on any atom is -0.313 e. The Morgan fingerprint density at radius 2 is 2.06 bits per heavy atom. The first-order chi connectivity index (χ1) is 7.70. The second-order valence-electron chi connectivity index (χ2n) is 4.08. The molecule has 0 saturated heterocycles. The highest BCUT2D eigenvalue weighted by Gasteiger charge is 2.03. The maximum Gasteiger partial charge on any atom is 0.255 e. The first-order valence-electron chi connectivity index (χ1n) is 6.10. The Hall–Kier alpha value is -1.09. The molecule has 1 rings (SSSR count). The van der Waals surface area contributed by atoms with Gasteiger partial charge in [0.1, 0.15) is 0 Å². The molecule has 3 nitrogen and oxygen atoms in total. The maximum absolute atomic E-state index is 12.0.